The summed E-state index contributed by atoms with van der Waals surface area (Å²) in [5.41, 5.74) is 9.82. The molecule has 1 saturated heterocycles. The van der Waals surface area contributed by atoms with E-state index in [1.54, 1.807) is 0 Å². The number of H-pyrrole nitrogens is 2. The number of terminal acetylenes is 1. The second-order valence-corrected chi connectivity index (χ2v) is 9.47. The van der Waals surface area contributed by atoms with E-state index in [4.69, 9.17) is 4.98 Å². The number of hydrogen-bond donors (Lipinski definition) is 4. The highest BCUT2D eigenvalue weighted by Gasteiger charge is 2.25. The maximum atomic E-state index is 5.02. The summed E-state index contributed by atoms with van der Waals surface area (Å²) in [4.78, 5) is 16.6. The summed E-state index contributed by atoms with van der Waals surface area (Å²) >= 11 is 0. The maximum Gasteiger partial charge on any atom is 0.124 e. The van der Waals surface area contributed by atoms with Gasteiger partial charge in [-0.25, -0.2) is 9.97 Å². The summed E-state index contributed by atoms with van der Waals surface area (Å²) in [6.45, 7) is 5.04. The maximum absolute atomic E-state index is 5.02. The van der Waals surface area contributed by atoms with Crippen LogP contribution in [0.3, 0.4) is 0 Å². The molecule has 0 saturated carbocycles. The second kappa shape index (κ2) is 10.9. The van der Waals surface area contributed by atoms with E-state index in [0.29, 0.717) is 6.04 Å². The fourth-order valence-electron chi connectivity index (χ4n) is 5.21. The highest BCUT2D eigenvalue weighted by molar-refractivity contribution is 5.76. The predicted octanol–water partition coefficient (Wildman–Crippen LogP) is 5.41. The Kier molecular flexibility index (Phi) is 7.31. The van der Waals surface area contributed by atoms with E-state index in [9.17, 15) is 0 Å². The summed E-state index contributed by atoms with van der Waals surface area (Å²) in [5.74, 6) is 2.09. The molecule has 0 amide bonds. The van der Waals surface area contributed by atoms with Crippen molar-refractivity contribution in [3.63, 3.8) is 0 Å². The number of aryl methyl sites for hydroxylation is 2. The first-order valence-electron chi connectivity index (χ1n) is 12.9. The van der Waals surface area contributed by atoms with Gasteiger partial charge in [-0.15, -0.1) is 12.8 Å². The van der Waals surface area contributed by atoms with Gasteiger partial charge in [0.15, 0.2) is 0 Å². The molecule has 6 rings (SSSR count). The van der Waals surface area contributed by atoms with Crippen molar-refractivity contribution in [1.82, 2.24) is 30.6 Å². The monoisotopic (exact) mass is 478 g/mol. The molecule has 1 fully saturated rings. The van der Waals surface area contributed by atoms with Gasteiger partial charge >= 0.3 is 0 Å². The van der Waals surface area contributed by atoms with E-state index in [0.717, 1.165) is 67.5 Å². The van der Waals surface area contributed by atoms with Gasteiger partial charge in [-0.2, -0.15) is 0 Å². The molecule has 184 valence electrons. The molecular formula is C30H34N6. The third kappa shape index (κ3) is 4.86. The van der Waals surface area contributed by atoms with Crippen LogP contribution in [0.2, 0.25) is 0 Å². The Morgan fingerprint density at radius 1 is 1.00 bits per heavy atom. The molecule has 4 N–H and O–H groups in total. The first-order chi connectivity index (χ1) is 17.8. The number of aromatic nitrogens is 4. The first-order valence-corrected chi connectivity index (χ1v) is 12.9. The minimum Gasteiger partial charge on any atom is -0.344 e. The van der Waals surface area contributed by atoms with Crippen LogP contribution in [0.4, 0.5) is 0 Å². The largest absolute Gasteiger partial charge is 0.344 e. The third-order valence-corrected chi connectivity index (χ3v) is 7.07. The molecular weight excluding hydrogens is 444 g/mol. The topological polar surface area (TPSA) is 81.4 Å². The van der Waals surface area contributed by atoms with E-state index in [-0.39, 0.29) is 0 Å². The van der Waals surface area contributed by atoms with E-state index in [2.05, 4.69) is 87.8 Å². The lowest BCUT2D eigenvalue weighted by atomic mass is 9.89. The fraction of sp³-hybridized carbons (Fsp3) is 0.333. The highest BCUT2D eigenvalue weighted by Crippen LogP contribution is 2.36. The minimum atomic E-state index is 0.380. The van der Waals surface area contributed by atoms with Crippen LogP contribution in [-0.2, 0) is 19.4 Å². The summed E-state index contributed by atoms with van der Waals surface area (Å²) in [7, 11) is 0. The highest BCUT2D eigenvalue weighted by atomic mass is 15.0. The van der Waals surface area contributed by atoms with Crippen molar-refractivity contribution in [3.05, 3.63) is 71.6 Å². The van der Waals surface area contributed by atoms with Crippen molar-refractivity contribution in [2.75, 3.05) is 13.1 Å². The lowest BCUT2D eigenvalue weighted by molar-refractivity contribution is 0.611. The molecule has 6 nitrogen and oxygen atoms in total. The van der Waals surface area contributed by atoms with Crippen LogP contribution in [0.25, 0.3) is 33.6 Å². The molecule has 3 heterocycles. The average molecular weight is 479 g/mol. The molecule has 2 aliphatic rings. The normalized spacial score (nSPS) is 16.1. The number of nitrogens with one attached hydrogen (secondary N) is 4. The van der Waals surface area contributed by atoms with Crippen LogP contribution in [0, 0.1) is 12.8 Å². The van der Waals surface area contributed by atoms with Gasteiger partial charge in [-0.1, -0.05) is 49.4 Å². The van der Waals surface area contributed by atoms with Gasteiger partial charge in [-0.3, -0.25) is 0 Å². The van der Waals surface area contributed by atoms with E-state index in [1.165, 1.54) is 40.8 Å². The Hall–Kier alpha value is -3.66. The summed E-state index contributed by atoms with van der Waals surface area (Å²) in [6, 6.07) is 16.0. The summed E-state index contributed by atoms with van der Waals surface area (Å²) < 4.78 is 0. The van der Waals surface area contributed by atoms with E-state index >= 15 is 0 Å². The van der Waals surface area contributed by atoms with Gasteiger partial charge in [0.1, 0.15) is 11.6 Å². The number of aromatic amines is 2. The molecule has 6 heteroatoms. The smallest absolute Gasteiger partial charge is 0.124 e. The Bertz CT molecular complexity index is 1320. The van der Waals surface area contributed by atoms with Gasteiger partial charge in [0.2, 0.25) is 0 Å². The molecule has 2 aromatic carbocycles. The SMILES string of the molecule is C#C.CCCNCc1ncc(-c2ccc(-c3ccc4c(c3)CCc3[nH]c([C@@H]5CCCN5)nc3-4)cc2)[nH]1. The summed E-state index contributed by atoms with van der Waals surface area (Å²) in [6.07, 6.45) is 15.5. The van der Waals surface area contributed by atoms with Crippen LogP contribution < -0.4 is 10.6 Å². The number of imidazole rings is 2. The summed E-state index contributed by atoms with van der Waals surface area (Å²) in [5, 5.41) is 6.95. The van der Waals surface area contributed by atoms with Crippen LogP contribution in [0.1, 0.15) is 55.1 Å². The molecule has 36 heavy (non-hydrogen) atoms. The van der Waals surface area contributed by atoms with Gasteiger partial charge in [-0.05, 0) is 67.4 Å². The molecule has 0 bridgehead atoms. The van der Waals surface area contributed by atoms with Gasteiger partial charge in [0, 0.05) is 11.3 Å². The van der Waals surface area contributed by atoms with Crippen molar-refractivity contribution in [2.24, 2.45) is 0 Å². The Morgan fingerprint density at radius 3 is 2.58 bits per heavy atom. The van der Waals surface area contributed by atoms with Crippen LogP contribution in [0.5, 0.6) is 0 Å². The Balaban J connectivity index is 0.00000130. The number of benzene rings is 2. The minimum absolute atomic E-state index is 0.380. The molecule has 1 aliphatic heterocycles. The third-order valence-electron chi connectivity index (χ3n) is 7.07. The van der Waals surface area contributed by atoms with Crippen LogP contribution in [-0.4, -0.2) is 33.0 Å². The zero-order chi connectivity index (χ0) is 24.9. The molecule has 4 aromatic rings. The van der Waals surface area contributed by atoms with E-state index < -0.39 is 0 Å². The molecule has 1 aliphatic carbocycles. The fourth-order valence-corrected chi connectivity index (χ4v) is 5.21. The van der Waals surface area contributed by atoms with Gasteiger partial charge in [0.05, 0.1) is 30.2 Å². The van der Waals surface area contributed by atoms with E-state index in [1.807, 2.05) is 6.20 Å². The van der Waals surface area contributed by atoms with Crippen molar-refractivity contribution in [2.45, 2.75) is 51.6 Å². The lowest BCUT2D eigenvalue weighted by Crippen LogP contribution is -2.14. The van der Waals surface area contributed by atoms with Crippen molar-refractivity contribution < 1.29 is 0 Å². The second-order valence-electron chi connectivity index (χ2n) is 9.47. The lowest BCUT2D eigenvalue weighted by Gasteiger charge is -2.16. The predicted molar refractivity (Wildman–Crippen MR) is 146 cm³/mol. The van der Waals surface area contributed by atoms with Gasteiger partial charge < -0.3 is 20.6 Å². The van der Waals surface area contributed by atoms with Crippen LogP contribution in [0.15, 0.2) is 48.7 Å². The standard InChI is InChI=1S/C28H32N6.C2H2/c1-2-13-29-17-26-31-16-25(32-26)19-7-5-18(6-8-19)20-9-11-22-21(15-20)10-12-23-27(22)34-28(33-23)24-4-3-14-30-24;1-2/h5-9,11,15-16,24,29-30H,2-4,10,12-14,17H2,1H3,(H,31,32)(H,33,34);1-2H/t24-;/m0./s1. The number of hydrogen-bond acceptors (Lipinski definition) is 4. The van der Waals surface area contributed by atoms with Gasteiger partial charge in [0.25, 0.3) is 0 Å². The Labute approximate surface area is 213 Å². The first kappa shape index (κ1) is 24.1. The number of fused-ring (bicyclic) bond motifs is 3. The Morgan fingerprint density at radius 2 is 1.81 bits per heavy atom. The van der Waals surface area contributed by atoms with Crippen molar-refractivity contribution in [1.29, 1.82) is 0 Å². The number of rotatable bonds is 7. The average Bonchev–Trinajstić information content (AvgIpc) is 3.71. The quantitative estimate of drug-likeness (QED) is 0.212. The van der Waals surface area contributed by atoms with Crippen LogP contribution >= 0.6 is 0 Å². The molecule has 0 radical (unpaired) electrons. The zero-order valence-electron chi connectivity index (χ0n) is 20.9. The van der Waals surface area contributed by atoms with Crippen molar-refractivity contribution in [3.8, 4) is 46.5 Å². The zero-order valence-corrected chi connectivity index (χ0v) is 20.9. The van der Waals surface area contributed by atoms with Crippen molar-refractivity contribution >= 4 is 0 Å². The molecule has 0 spiro atoms. The molecule has 0 unspecified atom stereocenters. The molecule has 2 aromatic heterocycles. The molecule has 1 atom stereocenters. The number of nitrogens with zero attached hydrogens (tertiary/aromatic N) is 2.